The highest BCUT2D eigenvalue weighted by Gasteiger charge is 2.34. The van der Waals surface area contributed by atoms with Gasteiger partial charge in [0.25, 0.3) is 0 Å². The van der Waals surface area contributed by atoms with E-state index in [2.05, 4.69) is 4.74 Å². The maximum Gasteiger partial charge on any atom is 0.333 e. The number of methoxy groups -OCH3 is 1. The second-order valence-electron chi connectivity index (χ2n) is 3.80. The van der Waals surface area contributed by atoms with Gasteiger partial charge < -0.3 is 14.2 Å². The fourth-order valence-electron chi connectivity index (χ4n) is 1.42. The lowest BCUT2D eigenvalue weighted by Crippen LogP contribution is -2.25. The molecule has 0 N–H and O–H groups in total. The van der Waals surface area contributed by atoms with Gasteiger partial charge in [0, 0.05) is 5.57 Å². The van der Waals surface area contributed by atoms with Crippen molar-refractivity contribution in [2.75, 3.05) is 13.7 Å². The predicted molar refractivity (Wildman–Crippen MR) is 55.3 cm³/mol. The maximum atomic E-state index is 11.1. The second-order valence-corrected chi connectivity index (χ2v) is 3.80. The number of hydrogen-bond donors (Lipinski definition) is 0. The van der Waals surface area contributed by atoms with Gasteiger partial charge in [-0.05, 0) is 26.3 Å². The summed E-state index contributed by atoms with van der Waals surface area (Å²) in [5.74, 6) is -0.846. The maximum absolute atomic E-state index is 11.1. The highest BCUT2D eigenvalue weighted by molar-refractivity contribution is 5.87. The summed E-state index contributed by atoms with van der Waals surface area (Å²) >= 11 is 0. The van der Waals surface area contributed by atoms with Gasteiger partial charge in [-0.25, -0.2) is 4.79 Å². The van der Waals surface area contributed by atoms with Crippen molar-refractivity contribution in [3.05, 3.63) is 11.6 Å². The van der Waals surface area contributed by atoms with E-state index >= 15 is 0 Å². The minimum absolute atomic E-state index is 0.158. The minimum Gasteiger partial charge on any atom is -0.466 e. The highest BCUT2D eigenvalue weighted by atomic mass is 16.7. The molecule has 0 aromatic carbocycles. The van der Waals surface area contributed by atoms with Crippen LogP contribution in [-0.2, 0) is 19.0 Å². The summed E-state index contributed by atoms with van der Waals surface area (Å²) in [6, 6.07) is 0. The Labute approximate surface area is 90.2 Å². The number of ether oxygens (including phenoxy) is 3. The molecule has 0 aromatic heterocycles. The van der Waals surface area contributed by atoms with E-state index in [1.54, 1.807) is 13.0 Å². The molecular formula is C11H18O4. The van der Waals surface area contributed by atoms with E-state index in [4.69, 9.17) is 9.47 Å². The lowest BCUT2D eigenvalue weighted by Gasteiger charge is -2.20. The third kappa shape index (κ3) is 3.04. The summed E-state index contributed by atoms with van der Waals surface area (Å²) in [5.41, 5.74) is 0.548. The first kappa shape index (κ1) is 12.2. The molecule has 1 aliphatic rings. The van der Waals surface area contributed by atoms with Crippen LogP contribution < -0.4 is 0 Å². The lowest BCUT2D eigenvalue weighted by atomic mass is 10.2. The van der Waals surface area contributed by atoms with Crippen LogP contribution in [0.1, 0.15) is 27.2 Å². The number of esters is 1. The van der Waals surface area contributed by atoms with Crippen LogP contribution in [0.5, 0.6) is 0 Å². The van der Waals surface area contributed by atoms with Crippen molar-refractivity contribution in [3.63, 3.8) is 0 Å². The molecular weight excluding hydrogens is 196 g/mol. The minimum atomic E-state index is -0.516. The Morgan fingerprint density at radius 1 is 1.67 bits per heavy atom. The van der Waals surface area contributed by atoms with Crippen LogP contribution in [0.3, 0.4) is 0 Å². The predicted octanol–water partition coefficient (Wildman–Crippen LogP) is 1.65. The van der Waals surface area contributed by atoms with E-state index in [0.717, 1.165) is 6.42 Å². The molecule has 0 bridgehead atoms. The molecule has 1 rings (SSSR count). The molecule has 2 unspecified atom stereocenters. The van der Waals surface area contributed by atoms with Gasteiger partial charge in [-0.15, -0.1) is 0 Å². The number of hydrogen-bond acceptors (Lipinski definition) is 4. The summed E-state index contributed by atoms with van der Waals surface area (Å²) in [6.07, 6.45) is 2.37. The molecule has 2 atom stereocenters. The first-order chi connectivity index (χ1) is 7.00. The molecule has 1 saturated heterocycles. The van der Waals surface area contributed by atoms with Gasteiger partial charge in [0.15, 0.2) is 5.79 Å². The van der Waals surface area contributed by atoms with Crippen molar-refractivity contribution in [2.24, 2.45) is 0 Å². The van der Waals surface area contributed by atoms with Gasteiger partial charge in [0.1, 0.15) is 6.10 Å². The summed E-state index contributed by atoms with van der Waals surface area (Å²) in [7, 11) is 1.36. The molecule has 15 heavy (non-hydrogen) atoms. The fourth-order valence-corrected chi connectivity index (χ4v) is 1.42. The SMILES string of the molecule is CCC1(C)OCC(C=C(C)C(=O)OC)O1. The van der Waals surface area contributed by atoms with Gasteiger partial charge in [-0.3, -0.25) is 0 Å². The zero-order valence-electron chi connectivity index (χ0n) is 9.70. The zero-order valence-corrected chi connectivity index (χ0v) is 9.70. The topological polar surface area (TPSA) is 44.8 Å². The summed E-state index contributed by atoms with van der Waals surface area (Å²) < 4.78 is 15.8. The van der Waals surface area contributed by atoms with Crippen molar-refractivity contribution in [1.29, 1.82) is 0 Å². The quantitative estimate of drug-likeness (QED) is 0.529. The Balaban J connectivity index is 2.59. The summed E-state index contributed by atoms with van der Waals surface area (Å²) in [5, 5.41) is 0. The fraction of sp³-hybridized carbons (Fsp3) is 0.727. The Kier molecular flexibility index (Phi) is 3.88. The lowest BCUT2D eigenvalue weighted by molar-refractivity contribution is -0.150. The Morgan fingerprint density at radius 3 is 2.80 bits per heavy atom. The molecule has 1 aliphatic heterocycles. The molecule has 1 fully saturated rings. The molecule has 0 spiro atoms. The van der Waals surface area contributed by atoms with Crippen molar-refractivity contribution in [1.82, 2.24) is 0 Å². The van der Waals surface area contributed by atoms with Gasteiger partial charge in [-0.1, -0.05) is 6.92 Å². The van der Waals surface area contributed by atoms with Gasteiger partial charge in [-0.2, -0.15) is 0 Å². The number of carbonyl (C=O) groups is 1. The molecule has 86 valence electrons. The highest BCUT2D eigenvalue weighted by Crippen LogP contribution is 2.27. The van der Waals surface area contributed by atoms with E-state index < -0.39 is 5.79 Å². The average Bonchev–Trinajstić information content (AvgIpc) is 2.60. The smallest absolute Gasteiger partial charge is 0.333 e. The third-order valence-electron chi connectivity index (χ3n) is 2.54. The van der Waals surface area contributed by atoms with Crippen molar-refractivity contribution in [2.45, 2.75) is 39.1 Å². The normalized spacial score (nSPS) is 31.7. The largest absolute Gasteiger partial charge is 0.466 e. The number of carbonyl (C=O) groups excluding carboxylic acids is 1. The first-order valence-corrected chi connectivity index (χ1v) is 5.09. The van der Waals surface area contributed by atoms with E-state index in [-0.39, 0.29) is 12.1 Å². The van der Waals surface area contributed by atoms with Crippen LogP contribution in [0.25, 0.3) is 0 Å². The Bertz CT molecular complexity index is 272. The Morgan fingerprint density at radius 2 is 2.33 bits per heavy atom. The molecule has 0 aromatic rings. The van der Waals surface area contributed by atoms with E-state index in [1.165, 1.54) is 7.11 Å². The van der Waals surface area contributed by atoms with Crippen LogP contribution >= 0.6 is 0 Å². The standard InChI is InChI=1S/C11H18O4/c1-5-11(3)14-7-9(15-11)6-8(2)10(12)13-4/h6,9H,5,7H2,1-4H3. The zero-order chi connectivity index (χ0) is 11.5. The summed E-state index contributed by atoms with van der Waals surface area (Å²) in [4.78, 5) is 11.1. The molecule has 0 aliphatic carbocycles. The second kappa shape index (κ2) is 4.77. The van der Waals surface area contributed by atoms with Crippen molar-refractivity contribution < 1.29 is 19.0 Å². The molecule has 4 heteroatoms. The van der Waals surface area contributed by atoms with Gasteiger partial charge >= 0.3 is 5.97 Å². The molecule has 4 nitrogen and oxygen atoms in total. The van der Waals surface area contributed by atoms with Crippen molar-refractivity contribution in [3.8, 4) is 0 Å². The summed E-state index contributed by atoms with van der Waals surface area (Å²) in [6.45, 7) is 6.09. The van der Waals surface area contributed by atoms with Crippen LogP contribution in [0.15, 0.2) is 11.6 Å². The van der Waals surface area contributed by atoms with Crippen LogP contribution in [0.2, 0.25) is 0 Å². The molecule has 0 saturated carbocycles. The molecule has 0 radical (unpaired) electrons. The first-order valence-electron chi connectivity index (χ1n) is 5.09. The van der Waals surface area contributed by atoms with Crippen LogP contribution in [-0.4, -0.2) is 31.6 Å². The third-order valence-corrected chi connectivity index (χ3v) is 2.54. The monoisotopic (exact) mass is 214 g/mol. The molecule has 1 heterocycles. The van der Waals surface area contributed by atoms with Crippen LogP contribution in [0.4, 0.5) is 0 Å². The average molecular weight is 214 g/mol. The van der Waals surface area contributed by atoms with Crippen molar-refractivity contribution >= 4 is 5.97 Å². The van der Waals surface area contributed by atoms with E-state index in [1.807, 2.05) is 13.8 Å². The van der Waals surface area contributed by atoms with E-state index in [9.17, 15) is 4.79 Å². The van der Waals surface area contributed by atoms with Gasteiger partial charge in [0.05, 0.1) is 13.7 Å². The van der Waals surface area contributed by atoms with Crippen LogP contribution in [0, 0.1) is 0 Å². The Hall–Kier alpha value is -0.870. The van der Waals surface area contributed by atoms with Gasteiger partial charge in [0.2, 0.25) is 0 Å². The number of rotatable bonds is 3. The van der Waals surface area contributed by atoms with E-state index in [0.29, 0.717) is 12.2 Å². The molecule has 0 amide bonds.